The second-order valence-corrected chi connectivity index (χ2v) is 5.76. The van der Waals surface area contributed by atoms with E-state index < -0.39 is 35.8 Å². The number of carbonyl (C=O) groups excluding carboxylic acids is 2. The summed E-state index contributed by atoms with van der Waals surface area (Å²) in [4.78, 5) is 37.5. The number of hydrogen-bond acceptors (Lipinski definition) is 3. The van der Waals surface area contributed by atoms with Gasteiger partial charge in [0.15, 0.2) is 0 Å². The molecule has 0 saturated heterocycles. The molecule has 25 heavy (non-hydrogen) atoms. The number of carbonyl (C=O) groups is 3. The average molecular weight is 342 g/mol. The highest BCUT2D eigenvalue weighted by Gasteiger charge is 2.42. The van der Waals surface area contributed by atoms with Crippen molar-refractivity contribution in [3.63, 3.8) is 0 Å². The zero-order valence-electron chi connectivity index (χ0n) is 13.3. The van der Waals surface area contributed by atoms with Gasteiger partial charge in [-0.2, -0.15) is 0 Å². The molecule has 1 heterocycles. The van der Waals surface area contributed by atoms with E-state index in [4.69, 9.17) is 5.11 Å². The first kappa shape index (κ1) is 16.6. The van der Waals surface area contributed by atoms with Gasteiger partial charge in [-0.3, -0.25) is 14.5 Å². The molecule has 2 N–H and O–H groups in total. The Morgan fingerprint density at radius 3 is 2.04 bits per heavy atom. The summed E-state index contributed by atoms with van der Waals surface area (Å²) < 4.78 is 13.2. The van der Waals surface area contributed by atoms with E-state index >= 15 is 0 Å². The van der Waals surface area contributed by atoms with E-state index in [2.05, 4.69) is 5.32 Å². The van der Waals surface area contributed by atoms with Gasteiger partial charge in [0.05, 0.1) is 23.2 Å². The third-order valence-electron chi connectivity index (χ3n) is 4.14. The quantitative estimate of drug-likeness (QED) is 0.837. The van der Waals surface area contributed by atoms with E-state index in [9.17, 15) is 18.8 Å². The highest BCUT2D eigenvalue weighted by atomic mass is 19.1. The molecule has 0 unspecified atom stereocenters. The molecule has 0 aliphatic carbocycles. The maximum Gasteiger partial charge on any atom is 0.404 e. The van der Waals surface area contributed by atoms with Crippen molar-refractivity contribution in [3.8, 4) is 0 Å². The topological polar surface area (TPSA) is 86.7 Å². The van der Waals surface area contributed by atoms with Crippen LogP contribution in [0, 0.1) is 5.82 Å². The molecule has 3 amide bonds. The van der Waals surface area contributed by atoms with Gasteiger partial charge in [0.2, 0.25) is 0 Å². The molecule has 7 heteroatoms. The number of hydrogen-bond donors (Lipinski definition) is 2. The smallest absolute Gasteiger partial charge is 0.404 e. The van der Waals surface area contributed by atoms with Crippen molar-refractivity contribution in [1.29, 1.82) is 0 Å². The van der Waals surface area contributed by atoms with Crippen molar-refractivity contribution in [2.24, 2.45) is 0 Å². The SMILES string of the molecule is C[C@H](NC(=O)O)[C@H](c1ccc(F)cc1)N1C(=O)c2ccccc2C1=O. The number of rotatable bonds is 4. The Balaban J connectivity index is 2.06. The minimum absolute atomic E-state index is 0.266. The van der Waals surface area contributed by atoms with Crippen LogP contribution < -0.4 is 5.32 Å². The van der Waals surface area contributed by atoms with Crippen molar-refractivity contribution < 1.29 is 23.9 Å². The summed E-state index contributed by atoms with van der Waals surface area (Å²) >= 11 is 0. The van der Waals surface area contributed by atoms with Gasteiger partial charge in [-0.1, -0.05) is 24.3 Å². The second-order valence-electron chi connectivity index (χ2n) is 5.76. The lowest BCUT2D eigenvalue weighted by molar-refractivity contribution is 0.0547. The lowest BCUT2D eigenvalue weighted by Gasteiger charge is -2.31. The molecule has 0 saturated carbocycles. The van der Waals surface area contributed by atoms with E-state index in [0.29, 0.717) is 5.56 Å². The van der Waals surface area contributed by atoms with Crippen LogP contribution in [0.5, 0.6) is 0 Å². The van der Waals surface area contributed by atoms with Crippen LogP contribution in [-0.4, -0.2) is 34.0 Å². The third kappa shape index (κ3) is 2.96. The maximum absolute atomic E-state index is 13.2. The molecular weight excluding hydrogens is 327 g/mol. The zero-order chi connectivity index (χ0) is 18.1. The molecule has 0 fully saturated rings. The highest BCUT2D eigenvalue weighted by Crippen LogP contribution is 2.33. The van der Waals surface area contributed by atoms with Crippen LogP contribution in [0.15, 0.2) is 48.5 Å². The van der Waals surface area contributed by atoms with Crippen molar-refractivity contribution in [3.05, 3.63) is 71.0 Å². The van der Waals surface area contributed by atoms with E-state index in [1.165, 1.54) is 24.3 Å². The van der Waals surface area contributed by atoms with Gasteiger partial charge < -0.3 is 10.4 Å². The third-order valence-corrected chi connectivity index (χ3v) is 4.14. The fourth-order valence-corrected chi connectivity index (χ4v) is 3.06. The molecule has 3 rings (SSSR count). The Kier molecular flexibility index (Phi) is 4.22. The molecule has 128 valence electrons. The Hall–Kier alpha value is -3.22. The summed E-state index contributed by atoms with van der Waals surface area (Å²) in [5, 5.41) is 11.3. The number of nitrogens with one attached hydrogen (secondary N) is 1. The molecule has 2 aromatic carbocycles. The fourth-order valence-electron chi connectivity index (χ4n) is 3.06. The predicted octanol–water partition coefficient (Wildman–Crippen LogP) is 2.82. The van der Waals surface area contributed by atoms with Crippen LogP contribution in [0.2, 0.25) is 0 Å². The van der Waals surface area contributed by atoms with Crippen LogP contribution in [0.4, 0.5) is 9.18 Å². The molecule has 2 aromatic rings. The Morgan fingerprint density at radius 2 is 1.56 bits per heavy atom. The summed E-state index contributed by atoms with van der Waals surface area (Å²) in [6, 6.07) is 9.99. The van der Waals surface area contributed by atoms with Gasteiger partial charge >= 0.3 is 6.09 Å². The number of amides is 3. The first-order valence-corrected chi connectivity index (χ1v) is 7.62. The summed E-state index contributed by atoms with van der Waals surface area (Å²) in [5.41, 5.74) is 0.987. The molecular formula is C18H15FN2O4. The number of imide groups is 1. The summed E-state index contributed by atoms with van der Waals surface area (Å²) in [6.07, 6.45) is -1.28. The summed E-state index contributed by atoms with van der Waals surface area (Å²) in [5.74, 6) is -1.48. The normalized spacial score (nSPS) is 15.7. The second kappa shape index (κ2) is 6.35. The van der Waals surface area contributed by atoms with Gasteiger partial charge in [0.1, 0.15) is 5.82 Å². The largest absolute Gasteiger partial charge is 0.465 e. The lowest BCUT2D eigenvalue weighted by atomic mass is 9.98. The molecule has 1 aliphatic rings. The summed E-state index contributed by atoms with van der Waals surface area (Å²) in [6.45, 7) is 1.55. The van der Waals surface area contributed by atoms with Crippen LogP contribution in [0.25, 0.3) is 0 Å². The summed E-state index contributed by atoms with van der Waals surface area (Å²) in [7, 11) is 0. The standard InChI is InChI=1S/C18H15FN2O4/c1-10(20-18(24)25)15(11-6-8-12(19)9-7-11)21-16(22)13-4-2-3-5-14(13)17(21)23/h2-10,15,20H,1H3,(H,24,25)/t10-,15+/m0/s1. The van der Waals surface area contributed by atoms with E-state index in [1.807, 2.05) is 0 Å². The van der Waals surface area contributed by atoms with Crippen LogP contribution in [0.3, 0.4) is 0 Å². The number of fused-ring (bicyclic) bond motifs is 1. The number of nitrogens with zero attached hydrogens (tertiary/aromatic N) is 1. The fraction of sp³-hybridized carbons (Fsp3) is 0.167. The van der Waals surface area contributed by atoms with Crippen molar-refractivity contribution in [1.82, 2.24) is 10.2 Å². The average Bonchev–Trinajstić information content (AvgIpc) is 2.82. The first-order chi connectivity index (χ1) is 11.9. The molecule has 0 radical (unpaired) electrons. The number of halogens is 1. The van der Waals surface area contributed by atoms with Gasteiger partial charge in [-0.05, 0) is 36.8 Å². The maximum atomic E-state index is 13.2. The zero-order valence-corrected chi connectivity index (χ0v) is 13.3. The van der Waals surface area contributed by atoms with E-state index in [1.54, 1.807) is 31.2 Å². The molecule has 0 bridgehead atoms. The lowest BCUT2D eigenvalue weighted by Crippen LogP contribution is -2.46. The monoisotopic (exact) mass is 342 g/mol. The number of carboxylic acid groups (broad SMARTS) is 1. The Labute approximate surface area is 142 Å². The van der Waals surface area contributed by atoms with Gasteiger partial charge in [-0.15, -0.1) is 0 Å². The van der Waals surface area contributed by atoms with E-state index in [0.717, 1.165) is 4.90 Å². The van der Waals surface area contributed by atoms with Gasteiger partial charge in [0, 0.05) is 0 Å². The number of benzene rings is 2. The molecule has 6 nitrogen and oxygen atoms in total. The molecule has 1 aliphatic heterocycles. The Bertz CT molecular complexity index is 815. The predicted molar refractivity (Wildman–Crippen MR) is 86.7 cm³/mol. The first-order valence-electron chi connectivity index (χ1n) is 7.62. The van der Waals surface area contributed by atoms with Gasteiger partial charge in [-0.25, -0.2) is 9.18 Å². The van der Waals surface area contributed by atoms with Crippen LogP contribution in [-0.2, 0) is 0 Å². The molecule has 0 aromatic heterocycles. The van der Waals surface area contributed by atoms with Crippen molar-refractivity contribution >= 4 is 17.9 Å². The molecule has 2 atom stereocenters. The minimum atomic E-state index is -1.28. The van der Waals surface area contributed by atoms with E-state index in [-0.39, 0.29) is 11.1 Å². The van der Waals surface area contributed by atoms with Crippen molar-refractivity contribution in [2.45, 2.75) is 19.0 Å². The Morgan fingerprint density at radius 1 is 1.04 bits per heavy atom. The van der Waals surface area contributed by atoms with Crippen molar-refractivity contribution in [2.75, 3.05) is 0 Å². The molecule has 0 spiro atoms. The van der Waals surface area contributed by atoms with Crippen LogP contribution >= 0.6 is 0 Å². The van der Waals surface area contributed by atoms with Gasteiger partial charge in [0.25, 0.3) is 11.8 Å². The highest BCUT2D eigenvalue weighted by molar-refractivity contribution is 6.21. The van der Waals surface area contributed by atoms with Crippen LogP contribution in [0.1, 0.15) is 39.2 Å². The minimum Gasteiger partial charge on any atom is -0.465 e.